The van der Waals surface area contributed by atoms with Crippen molar-refractivity contribution in [1.82, 2.24) is 0 Å². The molecule has 0 bridgehead atoms. The Morgan fingerprint density at radius 1 is 1.16 bits per heavy atom. The van der Waals surface area contributed by atoms with Gasteiger partial charge in [-0.2, -0.15) is 0 Å². The van der Waals surface area contributed by atoms with Gasteiger partial charge in [0.05, 0.1) is 6.10 Å². The van der Waals surface area contributed by atoms with Gasteiger partial charge in [0.15, 0.2) is 5.78 Å². The average molecular weight is 427 g/mol. The van der Waals surface area contributed by atoms with Crippen LogP contribution in [0.2, 0.25) is 0 Å². The standard InChI is InChI=1S/C29H46O2/c1-7-20(18(2)3)9-8-19(4)23-10-11-24-22-17-27(31)26-16-21(30)12-14-29(26,6)25(22)13-15-28(23,24)5/h16,19,22-25,27,31H,7-15,17H2,1-6H3/t19-,22+,23-,24+,25+,27-,28-,29-/m1/s1. The summed E-state index contributed by atoms with van der Waals surface area (Å²) in [5.41, 5.74) is 4.72. The van der Waals surface area contributed by atoms with E-state index in [9.17, 15) is 9.90 Å². The summed E-state index contributed by atoms with van der Waals surface area (Å²) in [4.78, 5) is 12.1. The van der Waals surface area contributed by atoms with Crippen LogP contribution in [-0.4, -0.2) is 17.0 Å². The SMILES string of the molecule is CCC(CC[C@@H](C)[C@H]1CC[C@H]2[C@@H]3C[C@@H](O)C4=CC(=O)CC[C@]4(C)[C@H]3CC[C@]12C)=C(C)C. The summed E-state index contributed by atoms with van der Waals surface area (Å²) in [7, 11) is 0. The molecule has 0 unspecified atom stereocenters. The van der Waals surface area contributed by atoms with Gasteiger partial charge >= 0.3 is 0 Å². The molecule has 31 heavy (non-hydrogen) atoms. The van der Waals surface area contributed by atoms with Crippen LogP contribution in [0.4, 0.5) is 0 Å². The number of aliphatic hydroxyl groups is 1. The number of allylic oxidation sites excluding steroid dienone is 2. The number of fused-ring (bicyclic) bond motifs is 5. The van der Waals surface area contributed by atoms with E-state index in [4.69, 9.17) is 0 Å². The van der Waals surface area contributed by atoms with Gasteiger partial charge in [-0.1, -0.05) is 38.8 Å². The zero-order valence-corrected chi connectivity index (χ0v) is 21.0. The normalized spacial score (nSPS) is 42.9. The van der Waals surface area contributed by atoms with Crippen LogP contribution >= 0.6 is 0 Å². The summed E-state index contributed by atoms with van der Waals surface area (Å²) in [6.07, 6.45) is 13.0. The van der Waals surface area contributed by atoms with Crippen LogP contribution in [-0.2, 0) is 4.79 Å². The summed E-state index contributed by atoms with van der Waals surface area (Å²) >= 11 is 0. The number of rotatable bonds is 5. The highest BCUT2D eigenvalue weighted by molar-refractivity contribution is 5.91. The average Bonchev–Trinajstić information content (AvgIpc) is 3.07. The molecule has 0 amide bonds. The second kappa shape index (κ2) is 8.47. The third kappa shape index (κ3) is 3.79. The highest BCUT2D eigenvalue weighted by atomic mass is 16.3. The predicted octanol–water partition coefficient (Wildman–Crippen LogP) is 7.27. The van der Waals surface area contributed by atoms with Crippen LogP contribution in [0.1, 0.15) is 106 Å². The minimum absolute atomic E-state index is 0.0424. The van der Waals surface area contributed by atoms with Gasteiger partial charge in [0.25, 0.3) is 0 Å². The first-order valence-electron chi connectivity index (χ1n) is 13.2. The molecule has 0 radical (unpaired) electrons. The number of carbonyl (C=O) groups is 1. The molecule has 0 aliphatic heterocycles. The Hall–Kier alpha value is -0.890. The largest absolute Gasteiger partial charge is 0.389 e. The maximum Gasteiger partial charge on any atom is 0.155 e. The fourth-order valence-corrected chi connectivity index (χ4v) is 8.96. The van der Waals surface area contributed by atoms with E-state index >= 15 is 0 Å². The maximum absolute atomic E-state index is 12.1. The lowest BCUT2D eigenvalue weighted by Crippen LogP contribution is -2.54. The van der Waals surface area contributed by atoms with Gasteiger partial charge in [-0.3, -0.25) is 4.79 Å². The van der Waals surface area contributed by atoms with E-state index in [0.29, 0.717) is 23.7 Å². The van der Waals surface area contributed by atoms with Crippen molar-refractivity contribution in [1.29, 1.82) is 0 Å². The van der Waals surface area contributed by atoms with Gasteiger partial charge < -0.3 is 5.11 Å². The molecule has 3 fully saturated rings. The maximum atomic E-state index is 12.1. The van der Waals surface area contributed by atoms with Crippen LogP contribution in [0.3, 0.4) is 0 Å². The zero-order valence-electron chi connectivity index (χ0n) is 21.0. The lowest BCUT2D eigenvalue weighted by molar-refractivity contribution is -0.119. The van der Waals surface area contributed by atoms with E-state index in [0.717, 1.165) is 36.2 Å². The van der Waals surface area contributed by atoms with E-state index in [1.165, 1.54) is 50.5 Å². The topological polar surface area (TPSA) is 37.3 Å². The smallest absolute Gasteiger partial charge is 0.155 e. The Balaban J connectivity index is 1.53. The predicted molar refractivity (Wildman–Crippen MR) is 129 cm³/mol. The second-order valence-electron chi connectivity index (χ2n) is 12.3. The lowest BCUT2D eigenvalue weighted by atomic mass is 9.46. The van der Waals surface area contributed by atoms with Crippen LogP contribution < -0.4 is 0 Å². The molecule has 4 rings (SSSR count). The molecule has 0 heterocycles. The third-order valence-electron chi connectivity index (χ3n) is 10.8. The highest BCUT2D eigenvalue weighted by Crippen LogP contribution is 2.67. The van der Waals surface area contributed by atoms with Crippen molar-refractivity contribution in [2.75, 3.05) is 0 Å². The first-order chi connectivity index (χ1) is 14.6. The molecular formula is C29H46O2. The summed E-state index contributed by atoms with van der Waals surface area (Å²) in [6, 6.07) is 0. The molecule has 0 spiro atoms. The zero-order chi connectivity index (χ0) is 22.6. The monoisotopic (exact) mass is 426 g/mol. The first kappa shape index (κ1) is 23.3. The molecule has 2 heteroatoms. The van der Waals surface area contributed by atoms with Crippen LogP contribution in [0.5, 0.6) is 0 Å². The molecule has 8 atom stereocenters. The van der Waals surface area contributed by atoms with Crippen molar-refractivity contribution in [2.45, 2.75) is 112 Å². The van der Waals surface area contributed by atoms with E-state index in [1.54, 1.807) is 5.57 Å². The van der Waals surface area contributed by atoms with Crippen LogP contribution in [0, 0.1) is 40.4 Å². The summed E-state index contributed by atoms with van der Waals surface area (Å²) < 4.78 is 0. The van der Waals surface area contributed by atoms with Crippen molar-refractivity contribution in [3.8, 4) is 0 Å². The number of carbonyl (C=O) groups excluding carboxylic acids is 1. The number of ketones is 1. The Morgan fingerprint density at radius 2 is 1.90 bits per heavy atom. The fraction of sp³-hybridized carbons (Fsp3) is 0.828. The van der Waals surface area contributed by atoms with Gasteiger partial charge in [0.2, 0.25) is 0 Å². The highest BCUT2D eigenvalue weighted by Gasteiger charge is 2.60. The molecule has 4 aliphatic rings. The molecule has 4 aliphatic carbocycles. The molecule has 3 saturated carbocycles. The Labute approximate surface area is 191 Å². The van der Waals surface area contributed by atoms with E-state index in [-0.39, 0.29) is 11.2 Å². The summed E-state index contributed by atoms with van der Waals surface area (Å²) in [6.45, 7) is 14.3. The first-order valence-corrected chi connectivity index (χ1v) is 13.2. The van der Waals surface area contributed by atoms with E-state index < -0.39 is 6.10 Å². The van der Waals surface area contributed by atoms with E-state index in [2.05, 4.69) is 41.5 Å². The van der Waals surface area contributed by atoms with Gasteiger partial charge in [0, 0.05) is 6.42 Å². The van der Waals surface area contributed by atoms with Crippen molar-refractivity contribution in [3.63, 3.8) is 0 Å². The molecule has 2 nitrogen and oxygen atoms in total. The van der Waals surface area contributed by atoms with Gasteiger partial charge in [-0.25, -0.2) is 0 Å². The van der Waals surface area contributed by atoms with Gasteiger partial charge in [-0.05, 0) is 124 Å². The molecule has 174 valence electrons. The molecular weight excluding hydrogens is 380 g/mol. The number of hydrogen-bond acceptors (Lipinski definition) is 2. The van der Waals surface area contributed by atoms with Crippen molar-refractivity contribution >= 4 is 5.78 Å². The Bertz CT molecular complexity index is 772. The van der Waals surface area contributed by atoms with Crippen molar-refractivity contribution in [2.24, 2.45) is 40.4 Å². The quantitative estimate of drug-likeness (QED) is 0.469. The Morgan fingerprint density at radius 3 is 2.58 bits per heavy atom. The van der Waals surface area contributed by atoms with Crippen molar-refractivity contribution in [3.05, 3.63) is 22.8 Å². The van der Waals surface area contributed by atoms with E-state index in [1.807, 2.05) is 6.08 Å². The summed E-state index contributed by atoms with van der Waals surface area (Å²) in [5, 5.41) is 11.1. The number of hydrogen-bond donors (Lipinski definition) is 1. The minimum Gasteiger partial charge on any atom is -0.389 e. The van der Waals surface area contributed by atoms with Crippen LogP contribution in [0.15, 0.2) is 22.8 Å². The minimum atomic E-state index is -0.404. The molecule has 0 aromatic rings. The van der Waals surface area contributed by atoms with Crippen LogP contribution in [0.25, 0.3) is 0 Å². The lowest BCUT2D eigenvalue weighted by Gasteiger charge is -2.59. The molecule has 0 aromatic carbocycles. The second-order valence-corrected chi connectivity index (χ2v) is 12.3. The van der Waals surface area contributed by atoms with Crippen molar-refractivity contribution < 1.29 is 9.90 Å². The third-order valence-corrected chi connectivity index (χ3v) is 10.8. The molecule has 0 saturated heterocycles. The van der Waals surface area contributed by atoms with Gasteiger partial charge in [-0.15, -0.1) is 0 Å². The summed E-state index contributed by atoms with van der Waals surface area (Å²) in [5.74, 6) is 3.86. The Kier molecular flexibility index (Phi) is 6.36. The molecule has 1 N–H and O–H groups in total. The van der Waals surface area contributed by atoms with Gasteiger partial charge in [0.1, 0.15) is 0 Å². The number of aliphatic hydroxyl groups excluding tert-OH is 1. The molecule has 0 aromatic heterocycles. The fourth-order valence-electron chi connectivity index (χ4n) is 8.96.